The molecule has 3 N–H and O–H groups in total. The number of primary amides is 1. The number of nitrogens with two attached hydrogens (primary N) is 1. The largest absolute Gasteiger partial charge is 0.368 e. The molecule has 0 aliphatic rings. The first-order valence-corrected chi connectivity index (χ1v) is 10.9. The molecule has 0 radical (unpaired) electrons. The number of hydrogen-bond donors (Lipinski definition) is 2. The molecule has 2 amide bonds. The van der Waals surface area contributed by atoms with Crippen molar-refractivity contribution in [2.75, 3.05) is 0 Å². The van der Waals surface area contributed by atoms with E-state index in [-0.39, 0.29) is 17.0 Å². The molecule has 0 spiro atoms. The Hall–Kier alpha value is -2.20. The first-order chi connectivity index (χ1) is 11.3. The minimum Gasteiger partial charge on any atom is -0.368 e. The number of halogens is 2. The fourth-order valence-electron chi connectivity index (χ4n) is 1.71. The Morgan fingerprint density at radius 1 is 1.20 bits per heavy atom. The van der Waals surface area contributed by atoms with Crippen LogP contribution < -0.4 is 11.1 Å². The second kappa shape index (κ2) is 7.79. The Morgan fingerprint density at radius 2 is 1.72 bits per heavy atom. The van der Waals surface area contributed by atoms with E-state index in [2.05, 4.69) is 50.6 Å². The van der Waals surface area contributed by atoms with Gasteiger partial charge in [0.15, 0.2) is 0 Å². The first kappa shape index (κ1) is 20.8. The van der Waals surface area contributed by atoms with Crippen LogP contribution in [0, 0.1) is 23.1 Å². The Bertz CT molecular complexity index is 711. The average molecular weight is 366 g/mol. The zero-order chi connectivity index (χ0) is 19.4. The Kier molecular flexibility index (Phi) is 6.49. The van der Waals surface area contributed by atoms with Crippen molar-refractivity contribution in [3.8, 4) is 11.5 Å². The van der Waals surface area contributed by atoms with Crippen LogP contribution in [0.1, 0.15) is 37.6 Å². The van der Waals surface area contributed by atoms with E-state index >= 15 is 0 Å². The summed E-state index contributed by atoms with van der Waals surface area (Å²) in [5, 5.41) is 2.44. The number of hydrogen-bond acceptors (Lipinski definition) is 2. The molecule has 0 aliphatic heterocycles. The third-order valence-corrected chi connectivity index (χ3v) is 8.91. The molecule has 1 aromatic rings. The maximum atomic E-state index is 13.2. The summed E-state index contributed by atoms with van der Waals surface area (Å²) >= 11 is 0. The number of benzene rings is 1. The highest BCUT2D eigenvalue weighted by atomic mass is 28.3. The lowest BCUT2D eigenvalue weighted by atomic mass is 10.1. The number of rotatable bonds is 4. The second-order valence-corrected chi connectivity index (χ2v) is 12.5. The Balaban J connectivity index is 2.89. The van der Waals surface area contributed by atoms with Crippen molar-refractivity contribution in [3.05, 3.63) is 35.4 Å². The van der Waals surface area contributed by atoms with Crippen molar-refractivity contribution < 1.29 is 18.4 Å². The van der Waals surface area contributed by atoms with E-state index in [0.717, 1.165) is 12.1 Å². The van der Waals surface area contributed by atoms with Gasteiger partial charge in [-0.2, -0.15) is 0 Å². The van der Waals surface area contributed by atoms with Crippen LogP contribution in [0.3, 0.4) is 0 Å². The van der Waals surface area contributed by atoms with Crippen molar-refractivity contribution in [2.24, 2.45) is 5.73 Å². The first-order valence-electron chi connectivity index (χ1n) is 7.90. The van der Waals surface area contributed by atoms with E-state index in [4.69, 9.17) is 5.73 Å². The molecular weight excluding hydrogens is 342 g/mol. The van der Waals surface area contributed by atoms with E-state index in [1.807, 2.05) is 0 Å². The van der Waals surface area contributed by atoms with Crippen molar-refractivity contribution in [2.45, 2.75) is 51.4 Å². The highest BCUT2D eigenvalue weighted by molar-refractivity contribution is 6.87. The summed E-state index contributed by atoms with van der Waals surface area (Å²) in [7, 11) is -1.85. The fourth-order valence-corrected chi connectivity index (χ4v) is 2.63. The van der Waals surface area contributed by atoms with Gasteiger partial charge in [0.05, 0.1) is 0 Å². The van der Waals surface area contributed by atoms with Gasteiger partial charge in [0.1, 0.15) is 25.8 Å². The van der Waals surface area contributed by atoms with Gasteiger partial charge in [-0.3, -0.25) is 9.59 Å². The van der Waals surface area contributed by atoms with E-state index in [1.165, 1.54) is 0 Å². The minimum atomic E-state index is -1.85. The molecule has 1 aromatic carbocycles. The molecule has 25 heavy (non-hydrogen) atoms. The summed E-state index contributed by atoms with van der Waals surface area (Å²) in [6, 6.07) is 1.40. The third kappa shape index (κ3) is 5.98. The molecule has 0 bridgehead atoms. The summed E-state index contributed by atoms with van der Waals surface area (Å²) in [5.74, 6) is -0.348. The molecule has 0 saturated heterocycles. The molecule has 1 rings (SSSR count). The smallest absolute Gasteiger partial charge is 0.252 e. The Labute approximate surface area is 148 Å². The molecule has 0 fully saturated rings. The third-order valence-electron chi connectivity index (χ3n) is 4.36. The highest BCUT2D eigenvalue weighted by Crippen LogP contribution is 2.35. The van der Waals surface area contributed by atoms with Gasteiger partial charge >= 0.3 is 0 Å². The number of carbonyl (C=O) groups excluding carboxylic acids is 2. The summed E-state index contributed by atoms with van der Waals surface area (Å²) < 4.78 is 26.4. The maximum Gasteiger partial charge on any atom is 0.252 e. The van der Waals surface area contributed by atoms with Crippen LogP contribution in [0.5, 0.6) is 0 Å². The Morgan fingerprint density at radius 3 is 2.16 bits per heavy atom. The van der Waals surface area contributed by atoms with Gasteiger partial charge in [0.25, 0.3) is 5.91 Å². The molecule has 1 atom stereocenters. The van der Waals surface area contributed by atoms with E-state index in [9.17, 15) is 18.4 Å². The van der Waals surface area contributed by atoms with Crippen LogP contribution in [0.4, 0.5) is 8.78 Å². The summed E-state index contributed by atoms with van der Waals surface area (Å²) in [4.78, 5) is 23.6. The zero-order valence-corrected chi connectivity index (χ0v) is 16.2. The van der Waals surface area contributed by atoms with Gasteiger partial charge < -0.3 is 11.1 Å². The average Bonchev–Trinajstić information content (AvgIpc) is 2.43. The number of carbonyl (C=O) groups is 2. The predicted octanol–water partition coefficient (Wildman–Crippen LogP) is 2.99. The summed E-state index contributed by atoms with van der Waals surface area (Å²) in [6.07, 6.45) is 0.0470. The van der Waals surface area contributed by atoms with Gasteiger partial charge in [0.2, 0.25) is 5.91 Å². The van der Waals surface area contributed by atoms with E-state index < -0.39 is 37.6 Å². The summed E-state index contributed by atoms with van der Waals surface area (Å²) in [5.41, 5.74) is 8.30. The normalized spacial score (nSPS) is 12.8. The van der Waals surface area contributed by atoms with Crippen LogP contribution >= 0.6 is 0 Å². The van der Waals surface area contributed by atoms with Gasteiger partial charge in [0, 0.05) is 18.1 Å². The molecule has 7 heteroatoms. The predicted molar refractivity (Wildman–Crippen MR) is 96.4 cm³/mol. The van der Waals surface area contributed by atoms with Gasteiger partial charge in [-0.1, -0.05) is 33.9 Å². The standard InChI is InChI=1S/C18H24F2N2O2Si/c1-18(2,3)25(4,5)8-6-7-15(16(21)23)22-17(24)12-9-13(19)11-14(20)10-12/h9-11,15H,7H2,1-5H3,(H2,21,23)(H,22,24)/t15-/m1/s1. The lowest BCUT2D eigenvalue weighted by Gasteiger charge is -2.31. The lowest BCUT2D eigenvalue weighted by molar-refractivity contribution is -0.119. The maximum absolute atomic E-state index is 13.2. The van der Waals surface area contributed by atoms with Crippen LogP contribution in [0.2, 0.25) is 18.1 Å². The van der Waals surface area contributed by atoms with Crippen LogP contribution in [-0.4, -0.2) is 25.9 Å². The van der Waals surface area contributed by atoms with Crippen molar-refractivity contribution in [1.82, 2.24) is 5.32 Å². The zero-order valence-electron chi connectivity index (χ0n) is 15.2. The van der Waals surface area contributed by atoms with Crippen molar-refractivity contribution in [1.29, 1.82) is 0 Å². The van der Waals surface area contributed by atoms with E-state index in [0.29, 0.717) is 6.07 Å². The molecular formula is C18H24F2N2O2Si. The van der Waals surface area contributed by atoms with Gasteiger partial charge in [-0.15, -0.1) is 11.5 Å². The molecule has 136 valence electrons. The van der Waals surface area contributed by atoms with Gasteiger partial charge in [-0.25, -0.2) is 8.78 Å². The monoisotopic (exact) mass is 366 g/mol. The second-order valence-electron chi connectivity index (χ2n) is 7.47. The molecule has 4 nitrogen and oxygen atoms in total. The van der Waals surface area contributed by atoms with E-state index in [1.54, 1.807) is 0 Å². The number of nitrogens with one attached hydrogen (secondary N) is 1. The highest BCUT2D eigenvalue weighted by Gasteiger charge is 2.33. The van der Waals surface area contributed by atoms with Crippen molar-refractivity contribution in [3.63, 3.8) is 0 Å². The number of amides is 2. The van der Waals surface area contributed by atoms with Crippen LogP contribution in [0.25, 0.3) is 0 Å². The molecule has 0 unspecified atom stereocenters. The van der Waals surface area contributed by atoms with Crippen molar-refractivity contribution >= 4 is 19.9 Å². The topological polar surface area (TPSA) is 72.2 Å². The molecule has 0 aromatic heterocycles. The molecule has 0 saturated carbocycles. The lowest BCUT2D eigenvalue weighted by Crippen LogP contribution is -2.44. The molecule has 0 aliphatic carbocycles. The fraction of sp³-hybridized carbons (Fsp3) is 0.444. The molecule has 0 heterocycles. The minimum absolute atomic E-state index is 0.0470. The summed E-state index contributed by atoms with van der Waals surface area (Å²) in [6.45, 7) is 10.6. The SMILES string of the molecule is CC(C)(C)[Si](C)(C)C#CC[C@@H](NC(=O)c1cc(F)cc(F)c1)C(N)=O. The quantitative estimate of drug-likeness (QED) is 0.635. The van der Waals surface area contributed by atoms with Gasteiger partial charge in [-0.05, 0) is 17.2 Å². The van der Waals surface area contributed by atoms with Crippen LogP contribution in [0.15, 0.2) is 18.2 Å². The van der Waals surface area contributed by atoms with Crippen LogP contribution in [-0.2, 0) is 4.79 Å².